The van der Waals surface area contributed by atoms with Crippen molar-refractivity contribution in [3.8, 4) is 0 Å². The van der Waals surface area contributed by atoms with Crippen molar-refractivity contribution in [3.05, 3.63) is 35.4 Å². The van der Waals surface area contributed by atoms with Crippen molar-refractivity contribution in [1.82, 2.24) is 5.32 Å². The van der Waals surface area contributed by atoms with Crippen LogP contribution in [-0.2, 0) is 16.0 Å². The summed E-state index contributed by atoms with van der Waals surface area (Å²) >= 11 is 0. The Hall–Kier alpha value is -1.35. The molecule has 0 saturated carbocycles. The molecule has 0 saturated heterocycles. The predicted octanol–water partition coefficient (Wildman–Crippen LogP) is 3.10. The topological polar surface area (TPSA) is 38.3 Å². The maximum Gasteiger partial charge on any atom is 0.307 e. The first-order valence-electron chi connectivity index (χ1n) is 6.95. The normalized spacial score (nSPS) is 12.5. The van der Waals surface area contributed by atoms with E-state index in [4.69, 9.17) is 4.74 Å². The highest BCUT2D eigenvalue weighted by molar-refractivity contribution is 5.70. The van der Waals surface area contributed by atoms with Crippen LogP contribution in [0.25, 0.3) is 0 Å². The number of carbonyl (C=O) groups excluding carboxylic acids is 1. The van der Waals surface area contributed by atoms with Gasteiger partial charge in [-0.15, -0.1) is 0 Å². The number of nitrogens with one attached hydrogen (secondary N) is 1. The van der Waals surface area contributed by atoms with Gasteiger partial charge in [-0.2, -0.15) is 0 Å². The standard InChI is InChI=1S/C16H25NO2/c1-5-17-15(11-16(18)19-4)14-8-6-13(7-9-14)10-12(2)3/h6-9,12,15,17H,5,10-11H2,1-4H3. The lowest BCUT2D eigenvalue weighted by atomic mass is 9.98. The van der Waals surface area contributed by atoms with Gasteiger partial charge < -0.3 is 10.1 Å². The molecule has 0 aliphatic carbocycles. The molecule has 1 unspecified atom stereocenters. The smallest absolute Gasteiger partial charge is 0.307 e. The zero-order valence-electron chi connectivity index (χ0n) is 12.4. The van der Waals surface area contributed by atoms with Gasteiger partial charge in [0.05, 0.1) is 13.5 Å². The van der Waals surface area contributed by atoms with Crippen LogP contribution in [0.2, 0.25) is 0 Å². The van der Waals surface area contributed by atoms with Gasteiger partial charge in [-0.25, -0.2) is 0 Å². The fourth-order valence-corrected chi connectivity index (χ4v) is 2.16. The molecule has 1 atom stereocenters. The van der Waals surface area contributed by atoms with Gasteiger partial charge in [0.2, 0.25) is 0 Å². The summed E-state index contributed by atoms with van der Waals surface area (Å²) in [4.78, 5) is 11.4. The maximum absolute atomic E-state index is 11.4. The largest absolute Gasteiger partial charge is 0.469 e. The predicted molar refractivity (Wildman–Crippen MR) is 78.0 cm³/mol. The fourth-order valence-electron chi connectivity index (χ4n) is 2.16. The Labute approximate surface area is 116 Å². The van der Waals surface area contributed by atoms with Crippen LogP contribution in [0.1, 0.15) is 44.4 Å². The zero-order valence-corrected chi connectivity index (χ0v) is 12.4. The number of hydrogen-bond donors (Lipinski definition) is 1. The Morgan fingerprint density at radius 1 is 1.26 bits per heavy atom. The number of methoxy groups -OCH3 is 1. The lowest BCUT2D eigenvalue weighted by Gasteiger charge is -2.17. The third-order valence-corrected chi connectivity index (χ3v) is 3.08. The summed E-state index contributed by atoms with van der Waals surface area (Å²) in [6, 6.07) is 8.54. The van der Waals surface area contributed by atoms with Crippen LogP contribution in [0.15, 0.2) is 24.3 Å². The lowest BCUT2D eigenvalue weighted by molar-refractivity contribution is -0.141. The summed E-state index contributed by atoms with van der Waals surface area (Å²) in [6.07, 6.45) is 1.46. The Bertz CT molecular complexity index is 384. The molecule has 1 rings (SSSR count). The molecule has 0 amide bonds. The van der Waals surface area contributed by atoms with Crippen molar-refractivity contribution < 1.29 is 9.53 Å². The monoisotopic (exact) mass is 263 g/mol. The molecular weight excluding hydrogens is 238 g/mol. The van der Waals surface area contributed by atoms with E-state index in [-0.39, 0.29) is 12.0 Å². The van der Waals surface area contributed by atoms with Gasteiger partial charge in [0.1, 0.15) is 0 Å². The highest BCUT2D eigenvalue weighted by atomic mass is 16.5. The molecule has 0 bridgehead atoms. The molecule has 1 aromatic rings. The van der Waals surface area contributed by atoms with E-state index >= 15 is 0 Å². The van der Waals surface area contributed by atoms with Gasteiger partial charge in [0.15, 0.2) is 0 Å². The number of ether oxygens (including phenoxy) is 1. The van der Waals surface area contributed by atoms with Gasteiger partial charge in [-0.3, -0.25) is 4.79 Å². The molecule has 0 aromatic heterocycles. The van der Waals surface area contributed by atoms with Crippen LogP contribution in [0.4, 0.5) is 0 Å². The number of benzene rings is 1. The molecule has 0 radical (unpaired) electrons. The summed E-state index contributed by atoms with van der Waals surface area (Å²) in [5.41, 5.74) is 2.48. The van der Waals surface area contributed by atoms with Crippen LogP contribution in [0.3, 0.4) is 0 Å². The van der Waals surface area contributed by atoms with E-state index in [2.05, 4.69) is 43.4 Å². The van der Waals surface area contributed by atoms with E-state index in [0.29, 0.717) is 12.3 Å². The van der Waals surface area contributed by atoms with E-state index in [1.807, 2.05) is 6.92 Å². The van der Waals surface area contributed by atoms with Crippen molar-refractivity contribution in [1.29, 1.82) is 0 Å². The van der Waals surface area contributed by atoms with E-state index in [9.17, 15) is 4.79 Å². The lowest BCUT2D eigenvalue weighted by Crippen LogP contribution is -2.24. The van der Waals surface area contributed by atoms with Gasteiger partial charge in [-0.1, -0.05) is 45.0 Å². The number of rotatable bonds is 7. The second-order valence-electron chi connectivity index (χ2n) is 5.23. The van der Waals surface area contributed by atoms with Gasteiger partial charge in [0.25, 0.3) is 0 Å². The fraction of sp³-hybridized carbons (Fsp3) is 0.562. The summed E-state index contributed by atoms with van der Waals surface area (Å²) in [5.74, 6) is 0.475. The van der Waals surface area contributed by atoms with E-state index < -0.39 is 0 Å². The van der Waals surface area contributed by atoms with Crippen LogP contribution in [0, 0.1) is 5.92 Å². The Morgan fingerprint density at radius 2 is 1.89 bits per heavy atom. The Morgan fingerprint density at radius 3 is 2.37 bits per heavy atom. The van der Waals surface area contributed by atoms with Crippen LogP contribution >= 0.6 is 0 Å². The molecule has 1 N–H and O–H groups in total. The molecule has 0 aliphatic heterocycles. The molecule has 1 aromatic carbocycles. The summed E-state index contributed by atoms with van der Waals surface area (Å²) in [7, 11) is 1.43. The average Bonchev–Trinajstić information content (AvgIpc) is 2.38. The number of carbonyl (C=O) groups is 1. The zero-order chi connectivity index (χ0) is 14.3. The molecule has 3 heteroatoms. The first kappa shape index (κ1) is 15.7. The molecule has 0 fully saturated rings. The van der Waals surface area contributed by atoms with Crippen LogP contribution in [0.5, 0.6) is 0 Å². The summed E-state index contributed by atoms with van der Waals surface area (Å²) in [6.45, 7) is 7.30. The first-order chi connectivity index (χ1) is 9.06. The van der Waals surface area contributed by atoms with E-state index in [0.717, 1.165) is 18.5 Å². The van der Waals surface area contributed by atoms with Crippen molar-refractivity contribution in [3.63, 3.8) is 0 Å². The average molecular weight is 263 g/mol. The highest BCUT2D eigenvalue weighted by Crippen LogP contribution is 2.19. The van der Waals surface area contributed by atoms with Crippen molar-refractivity contribution >= 4 is 5.97 Å². The molecule has 106 valence electrons. The molecule has 3 nitrogen and oxygen atoms in total. The molecule has 0 aliphatic rings. The SMILES string of the molecule is CCNC(CC(=O)OC)c1ccc(CC(C)C)cc1. The third-order valence-electron chi connectivity index (χ3n) is 3.08. The van der Waals surface area contributed by atoms with Gasteiger partial charge in [0, 0.05) is 6.04 Å². The quantitative estimate of drug-likeness (QED) is 0.768. The van der Waals surface area contributed by atoms with Crippen molar-refractivity contribution in [2.45, 2.75) is 39.7 Å². The number of hydrogen-bond acceptors (Lipinski definition) is 3. The molecule has 0 heterocycles. The Kier molecular flexibility index (Phi) is 6.57. The number of esters is 1. The van der Waals surface area contributed by atoms with Crippen molar-refractivity contribution in [2.75, 3.05) is 13.7 Å². The highest BCUT2D eigenvalue weighted by Gasteiger charge is 2.15. The Balaban J connectivity index is 2.76. The van der Waals surface area contributed by atoms with Crippen LogP contribution in [-0.4, -0.2) is 19.6 Å². The van der Waals surface area contributed by atoms with Crippen LogP contribution < -0.4 is 5.32 Å². The molecule has 0 spiro atoms. The second kappa shape index (κ2) is 7.95. The summed E-state index contributed by atoms with van der Waals surface area (Å²) in [5, 5.41) is 3.32. The van der Waals surface area contributed by atoms with Crippen molar-refractivity contribution in [2.24, 2.45) is 5.92 Å². The molecular formula is C16H25NO2. The maximum atomic E-state index is 11.4. The van der Waals surface area contributed by atoms with Gasteiger partial charge in [-0.05, 0) is 30.0 Å². The third kappa shape index (κ3) is 5.43. The first-order valence-corrected chi connectivity index (χ1v) is 6.95. The summed E-state index contributed by atoms with van der Waals surface area (Å²) < 4.78 is 4.75. The molecule has 19 heavy (non-hydrogen) atoms. The minimum absolute atomic E-state index is 0.0329. The minimum atomic E-state index is -0.183. The van der Waals surface area contributed by atoms with Gasteiger partial charge >= 0.3 is 5.97 Å². The second-order valence-corrected chi connectivity index (χ2v) is 5.23. The van der Waals surface area contributed by atoms with E-state index in [1.54, 1.807) is 0 Å². The van der Waals surface area contributed by atoms with E-state index in [1.165, 1.54) is 12.7 Å². The minimum Gasteiger partial charge on any atom is -0.469 e.